The molecule has 0 fully saturated rings. The minimum Gasteiger partial charge on any atom is -0.373 e. The molecule has 0 aromatic carbocycles. The third-order valence-corrected chi connectivity index (χ3v) is 2.74. The summed E-state index contributed by atoms with van der Waals surface area (Å²) in [7, 11) is 0. The SMILES string of the molecule is CCC(C)(C)OC(C)COC(C)COC(C)(C)C. The van der Waals surface area contributed by atoms with Gasteiger partial charge in [-0.1, -0.05) is 6.92 Å². The fourth-order valence-electron chi connectivity index (χ4n) is 1.38. The highest BCUT2D eigenvalue weighted by Crippen LogP contribution is 2.16. The van der Waals surface area contributed by atoms with Gasteiger partial charge in [-0.2, -0.15) is 0 Å². The molecule has 18 heavy (non-hydrogen) atoms. The van der Waals surface area contributed by atoms with Gasteiger partial charge in [0.15, 0.2) is 0 Å². The lowest BCUT2D eigenvalue weighted by Crippen LogP contribution is -2.33. The quantitative estimate of drug-likeness (QED) is 0.664. The Kier molecular flexibility index (Phi) is 7.41. The van der Waals surface area contributed by atoms with Gasteiger partial charge in [0.2, 0.25) is 0 Å². The van der Waals surface area contributed by atoms with Crippen LogP contribution in [0, 0.1) is 0 Å². The Labute approximate surface area is 113 Å². The number of ether oxygens (including phenoxy) is 3. The third kappa shape index (κ3) is 9.86. The normalized spacial score (nSPS) is 16.7. The van der Waals surface area contributed by atoms with Crippen LogP contribution in [0.5, 0.6) is 0 Å². The zero-order valence-corrected chi connectivity index (χ0v) is 13.5. The van der Waals surface area contributed by atoms with Gasteiger partial charge >= 0.3 is 0 Å². The average molecular weight is 260 g/mol. The average Bonchev–Trinajstić information content (AvgIpc) is 2.22. The molecule has 2 atom stereocenters. The topological polar surface area (TPSA) is 27.7 Å². The van der Waals surface area contributed by atoms with Gasteiger partial charge in [0.1, 0.15) is 0 Å². The second kappa shape index (κ2) is 7.46. The Balaban J connectivity index is 3.81. The molecule has 0 aromatic rings. The summed E-state index contributed by atoms with van der Waals surface area (Å²) in [4.78, 5) is 0. The van der Waals surface area contributed by atoms with Crippen molar-refractivity contribution < 1.29 is 14.2 Å². The monoisotopic (exact) mass is 260 g/mol. The minimum absolute atomic E-state index is 0.0755. The molecular weight excluding hydrogens is 228 g/mol. The zero-order chi connectivity index (χ0) is 14.4. The van der Waals surface area contributed by atoms with E-state index in [-0.39, 0.29) is 23.4 Å². The standard InChI is InChI=1S/C15H32O3/c1-9-15(7,8)18-13(3)10-16-12(2)11-17-14(4,5)6/h12-13H,9-11H2,1-8H3. The van der Waals surface area contributed by atoms with Crippen molar-refractivity contribution in [2.75, 3.05) is 13.2 Å². The number of rotatable bonds is 8. The first-order chi connectivity index (χ1) is 8.06. The first kappa shape index (κ1) is 17.9. The van der Waals surface area contributed by atoms with Crippen LogP contribution in [0.15, 0.2) is 0 Å². The van der Waals surface area contributed by atoms with Gasteiger partial charge in [0.05, 0.1) is 36.6 Å². The van der Waals surface area contributed by atoms with E-state index >= 15 is 0 Å². The summed E-state index contributed by atoms with van der Waals surface area (Å²) < 4.78 is 17.3. The molecule has 0 amide bonds. The van der Waals surface area contributed by atoms with Crippen LogP contribution in [0.2, 0.25) is 0 Å². The van der Waals surface area contributed by atoms with E-state index in [1.807, 2.05) is 6.92 Å². The second-order valence-electron chi connectivity index (χ2n) is 6.61. The molecule has 110 valence electrons. The molecule has 0 saturated heterocycles. The van der Waals surface area contributed by atoms with E-state index < -0.39 is 0 Å². The van der Waals surface area contributed by atoms with Crippen molar-refractivity contribution in [1.29, 1.82) is 0 Å². The van der Waals surface area contributed by atoms with E-state index in [1.165, 1.54) is 0 Å². The van der Waals surface area contributed by atoms with Gasteiger partial charge in [-0.3, -0.25) is 0 Å². The summed E-state index contributed by atoms with van der Waals surface area (Å²) in [6.45, 7) is 17.8. The van der Waals surface area contributed by atoms with E-state index in [9.17, 15) is 0 Å². The van der Waals surface area contributed by atoms with Crippen LogP contribution >= 0.6 is 0 Å². The van der Waals surface area contributed by atoms with Crippen molar-refractivity contribution in [3.63, 3.8) is 0 Å². The summed E-state index contributed by atoms with van der Waals surface area (Å²) in [5, 5.41) is 0. The molecule has 0 saturated carbocycles. The Morgan fingerprint density at radius 2 is 1.44 bits per heavy atom. The van der Waals surface area contributed by atoms with Gasteiger partial charge in [-0.05, 0) is 54.9 Å². The lowest BCUT2D eigenvalue weighted by atomic mass is 10.1. The Bertz CT molecular complexity index is 218. The highest BCUT2D eigenvalue weighted by Gasteiger charge is 2.20. The smallest absolute Gasteiger partial charge is 0.0787 e. The molecule has 0 rings (SSSR count). The van der Waals surface area contributed by atoms with E-state index in [1.54, 1.807) is 0 Å². The lowest BCUT2D eigenvalue weighted by molar-refractivity contribution is -0.121. The summed E-state index contributed by atoms with van der Waals surface area (Å²) in [5.41, 5.74) is -0.183. The Hall–Kier alpha value is -0.120. The summed E-state index contributed by atoms with van der Waals surface area (Å²) >= 11 is 0. The zero-order valence-electron chi connectivity index (χ0n) is 13.5. The van der Waals surface area contributed by atoms with Gasteiger partial charge in [-0.25, -0.2) is 0 Å². The molecular formula is C15H32O3. The first-order valence-corrected chi connectivity index (χ1v) is 6.99. The van der Waals surface area contributed by atoms with Crippen LogP contribution in [-0.2, 0) is 14.2 Å². The fourth-order valence-corrected chi connectivity index (χ4v) is 1.38. The van der Waals surface area contributed by atoms with Gasteiger partial charge in [0, 0.05) is 0 Å². The summed E-state index contributed by atoms with van der Waals surface area (Å²) in [6.07, 6.45) is 1.21. The van der Waals surface area contributed by atoms with Crippen molar-refractivity contribution in [3.8, 4) is 0 Å². The van der Waals surface area contributed by atoms with E-state index in [2.05, 4.69) is 48.5 Å². The molecule has 0 spiro atoms. The summed E-state index contributed by atoms with van der Waals surface area (Å²) in [5.74, 6) is 0. The maximum Gasteiger partial charge on any atom is 0.0787 e. The third-order valence-electron chi connectivity index (χ3n) is 2.74. The minimum atomic E-state index is -0.107. The predicted octanol–water partition coefficient (Wildman–Crippen LogP) is 3.80. The summed E-state index contributed by atoms with van der Waals surface area (Å²) in [6, 6.07) is 0. The van der Waals surface area contributed by atoms with Gasteiger partial charge in [0.25, 0.3) is 0 Å². The number of hydrogen-bond donors (Lipinski definition) is 0. The van der Waals surface area contributed by atoms with Crippen LogP contribution in [0.4, 0.5) is 0 Å². The Morgan fingerprint density at radius 1 is 0.889 bits per heavy atom. The first-order valence-electron chi connectivity index (χ1n) is 6.99. The molecule has 0 radical (unpaired) electrons. The van der Waals surface area contributed by atoms with Crippen LogP contribution in [0.1, 0.15) is 61.8 Å². The fraction of sp³-hybridized carbons (Fsp3) is 1.00. The van der Waals surface area contributed by atoms with Crippen molar-refractivity contribution in [1.82, 2.24) is 0 Å². The molecule has 0 aliphatic heterocycles. The van der Waals surface area contributed by atoms with Crippen molar-refractivity contribution in [2.24, 2.45) is 0 Å². The molecule has 0 aromatic heterocycles. The molecule has 0 aliphatic carbocycles. The van der Waals surface area contributed by atoms with E-state index in [4.69, 9.17) is 14.2 Å². The predicted molar refractivity (Wildman–Crippen MR) is 76.0 cm³/mol. The van der Waals surface area contributed by atoms with Gasteiger partial charge in [-0.15, -0.1) is 0 Å². The molecule has 0 N–H and O–H groups in total. The Morgan fingerprint density at radius 3 is 1.89 bits per heavy atom. The maximum absolute atomic E-state index is 5.92. The lowest BCUT2D eigenvalue weighted by Gasteiger charge is -2.29. The highest BCUT2D eigenvalue weighted by molar-refractivity contribution is 4.68. The molecule has 3 heteroatoms. The molecule has 0 bridgehead atoms. The largest absolute Gasteiger partial charge is 0.373 e. The van der Waals surface area contributed by atoms with Crippen molar-refractivity contribution >= 4 is 0 Å². The van der Waals surface area contributed by atoms with Crippen LogP contribution < -0.4 is 0 Å². The van der Waals surface area contributed by atoms with Crippen LogP contribution in [0.3, 0.4) is 0 Å². The van der Waals surface area contributed by atoms with Gasteiger partial charge < -0.3 is 14.2 Å². The maximum atomic E-state index is 5.92. The second-order valence-corrected chi connectivity index (χ2v) is 6.61. The van der Waals surface area contributed by atoms with E-state index in [0.29, 0.717) is 13.2 Å². The highest BCUT2D eigenvalue weighted by atomic mass is 16.6. The number of hydrogen-bond acceptors (Lipinski definition) is 3. The van der Waals surface area contributed by atoms with E-state index in [0.717, 1.165) is 6.42 Å². The van der Waals surface area contributed by atoms with Crippen LogP contribution in [-0.4, -0.2) is 36.6 Å². The molecule has 2 unspecified atom stereocenters. The molecule has 3 nitrogen and oxygen atoms in total. The molecule has 0 aliphatic rings. The van der Waals surface area contributed by atoms with Crippen molar-refractivity contribution in [2.45, 2.75) is 85.2 Å². The van der Waals surface area contributed by atoms with Crippen LogP contribution in [0.25, 0.3) is 0 Å². The molecule has 0 heterocycles. The van der Waals surface area contributed by atoms with Crippen molar-refractivity contribution in [3.05, 3.63) is 0 Å².